The molecule has 0 radical (unpaired) electrons. The molecule has 0 aliphatic carbocycles. The second-order valence-electron chi connectivity index (χ2n) is 5.53. The van der Waals surface area contributed by atoms with Crippen LogP contribution in [0.4, 0.5) is 0 Å². The van der Waals surface area contributed by atoms with Crippen molar-refractivity contribution in [1.29, 1.82) is 0 Å². The summed E-state index contributed by atoms with van der Waals surface area (Å²) in [6.07, 6.45) is 0. The molecule has 4 heteroatoms. The van der Waals surface area contributed by atoms with Crippen molar-refractivity contribution in [1.82, 2.24) is 14.8 Å². The third kappa shape index (κ3) is 2.37. The van der Waals surface area contributed by atoms with Crippen LogP contribution >= 0.6 is 0 Å². The normalized spacial score (nSPS) is 16.7. The van der Waals surface area contributed by atoms with Crippen LogP contribution in [0.1, 0.15) is 23.0 Å². The van der Waals surface area contributed by atoms with Gasteiger partial charge in [0.05, 0.1) is 11.2 Å². The monoisotopic (exact) mass is 271 g/mol. The van der Waals surface area contributed by atoms with Gasteiger partial charge in [-0.25, -0.2) is 0 Å². The molecule has 0 atom stereocenters. The van der Waals surface area contributed by atoms with Gasteiger partial charge in [0, 0.05) is 52.1 Å². The van der Waals surface area contributed by atoms with E-state index < -0.39 is 0 Å². The van der Waals surface area contributed by atoms with Gasteiger partial charge in [-0.2, -0.15) is 0 Å². The van der Waals surface area contributed by atoms with Crippen LogP contribution in [0.15, 0.2) is 24.3 Å². The standard InChI is InChI=1S/C16H21N3O/c1-12(20)15-10-13-4-3-5-14(16(13)18(15)2)11-19-8-6-17-7-9-19/h3-5,10,17H,6-9,11H2,1-2H3. The number of nitrogens with zero attached hydrogens (tertiary/aromatic N) is 2. The van der Waals surface area contributed by atoms with E-state index >= 15 is 0 Å². The summed E-state index contributed by atoms with van der Waals surface area (Å²) in [5, 5.41) is 4.53. The van der Waals surface area contributed by atoms with Crippen LogP contribution in [-0.2, 0) is 13.6 Å². The van der Waals surface area contributed by atoms with Crippen LogP contribution in [0.5, 0.6) is 0 Å². The average molecular weight is 271 g/mol. The number of para-hydroxylation sites is 1. The number of Topliss-reactive ketones (excluding diaryl/α,β-unsaturated/α-hetero) is 1. The topological polar surface area (TPSA) is 37.3 Å². The van der Waals surface area contributed by atoms with Crippen LogP contribution < -0.4 is 5.32 Å². The Morgan fingerprint density at radius 3 is 2.75 bits per heavy atom. The van der Waals surface area contributed by atoms with E-state index in [1.807, 2.05) is 17.7 Å². The Morgan fingerprint density at radius 2 is 2.05 bits per heavy atom. The molecule has 1 saturated heterocycles. The Labute approximate surface area is 119 Å². The zero-order valence-electron chi connectivity index (χ0n) is 12.1. The average Bonchev–Trinajstić information content (AvgIpc) is 2.79. The Balaban J connectivity index is 1.99. The summed E-state index contributed by atoms with van der Waals surface area (Å²) in [5.74, 6) is 0.122. The molecule has 4 nitrogen and oxygen atoms in total. The first kappa shape index (κ1) is 13.3. The van der Waals surface area contributed by atoms with Crippen molar-refractivity contribution in [2.24, 2.45) is 7.05 Å². The van der Waals surface area contributed by atoms with Crippen molar-refractivity contribution in [3.63, 3.8) is 0 Å². The number of benzene rings is 1. The molecule has 0 saturated carbocycles. The van der Waals surface area contributed by atoms with E-state index in [0.717, 1.165) is 43.8 Å². The molecular weight excluding hydrogens is 250 g/mol. The van der Waals surface area contributed by atoms with Crippen molar-refractivity contribution in [2.75, 3.05) is 26.2 Å². The first-order valence-corrected chi connectivity index (χ1v) is 7.18. The first-order valence-electron chi connectivity index (χ1n) is 7.18. The predicted octanol–water partition coefficient (Wildman–Crippen LogP) is 1.79. The fraction of sp³-hybridized carbons (Fsp3) is 0.438. The fourth-order valence-corrected chi connectivity index (χ4v) is 3.08. The quantitative estimate of drug-likeness (QED) is 0.865. The van der Waals surface area contributed by atoms with Gasteiger partial charge in [-0.05, 0) is 11.6 Å². The van der Waals surface area contributed by atoms with Gasteiger partial charge in [-0.15, -0.1) is 0 Å². The van der Waals surface area contributed by atoms with Crippen molar-refractivity contribution in [3.05, 3.63) is 35.5 Å². The summed E-state index contributed by atoms with van der Waals surface area (Å²) in [5.41, 5.74) is 3.28. The Bertz CT molecular complexity index is 638. The summed E-state index contributed by atoms with van der Waals surface area (Å²) in [6, 6.07) is 8.35. The van der Waals surface area contributed by atoms with Gasteiger partial charge in [0.1, 0.15) is 0 Å². The third-order valence-electron chi connectivity index (χ3n) is 4.10. The number of carbonyl (C=O) groups excluding carboxylic acids is 1. The van der Waals surface area contributed by atoms with E-state index in [1.165, 1.54) is 11.1 Å². The maximum absolute atomic E-state index is 11.7. The summed E-state index contributed by atoms with van der Waals surface area (Å²) < 4.78 is 2.04. The third-order valence-corrected chi connectivity index (χ3v) is 4.10. The van der Waals surface area contributed by atoms with Gasteiger partial charge in [0.25, 0.3) is 0 Å². The minimum atomic E-state index is 0.122. The number of fused-ring (bicyclic) bond motifs is 1. The van der Waals surface area contributed by atoms with Crippen molar-refractivity contribution >= 4 is 16.7 Å². The minimum Gasteiger partial charge on any atom is -0.341 e. The molecular formula is C16H21N3O. The highest BCUT2D eigenvalue weighted by molar-refractivity contribution is 5.99. The summed E-state index contributed by atoms with van der Waals surface area (Å²) in [7, 11) is 1.99. The minimum absolute atomic E-state index is 0.122. The lowest BCUT2D eigenvalue weighted by Gasteiger charge is -2.27. The fourth-order valence-electron chi connectivity index (χ4n) is 3.08. The zero-order chi connectivity index (χ0) is 14.1. The van der Waals surface area contributed by atoms with Crippen LogP contribution in [0.25, 0.3) is 10.9 Å². The van der Waals surface area contributed by atoms with E-state index in [9.17, 15) is 4.79 Å². The van der Waals surface area contributed by atoms with Crippen molar-refractivity contribution in [2.45, 2.75) is 13.5 Å². The van der Waals surface area contributed by atoms with Gasteiger partial charge in [0.2, 0.25) is 0 Å². The van der Waals surface area contributed by atoms with Gasteiger partial charge in [0.15, 0.2) is 5.78 Å². The lowest BCUT2D eigenvalue weighted by atomic mass is 10.1. The molecule has 3 rings (SSSR count). The van der Waals surface area contributed by atoms with E-state index in [4.69, 9.17) is 0 Å². The van der Waals surface area contributed by atoms with Gasteiger partial charge < -0.3 is 9.88 Å². The number of piperazine rings is 1. The predicted molar refractivity (Wildman–Crippen MR) is 81.1 cm³/mol. The van der Waals surface area contributed by atoms with Gasteiger partial charge in [-0.1, -0.05) is 18.2 Å². The Hall–Kier alpha value is -1.65. The highest BCUT2D eigenvalue weighted by Crippen LogP contribution is 2.24. The molecule has 1 N–H and O–H groups in total. The van der Waals surface area contributed by atoms with Crippen LogP contribution in [-0.4, -0.2) is 41.4 Å². The van der Waals surface area contributed by atoms with E-state index in [-0.39, 0.29) is 5.78 Å². The molecule has 106 valence electrons. The Kier molecular flexibility index (Phi) is 3.59. The maximum atomic E-state index is 11.7. The second-order valence-corrected chi connectivity index (χ2v) is 5.53. The number of aromatic nitrogens is 1. The summed E-state index contributed by atoms with van der Waals surface area (Å²) in [6.45, 7) is 6.86. The largest absolute Gasteiger partial charge is 0.341 e. The maximum Gasteiger partial charge on any atom is 0.176 e. The summed E-state index contributed by atoms with van der Waals surface area (Å²) in [4.78, 5) is 14.2. The molecule has 0 amide bonds. The molecule has 2 aromatic rings. The second kappa shape index (κ2) is 5.38. The number of nitrogens with one attached hydrogen (secondary N) is 1. The lowest BCUT2D eigenvalue weighted by molar-refractivity contribution is 0.101. The van der Waals surface area contributed by atoms with Gasteiger partial charge >= 0.3 is 0 Å². The molecule has 0 bridgehead atoms. The smallest absolute Gasteiger partial charge is 0.176 e. The highest BCUT2D eigenvalue weighted by Gasteiger charge is 2.15. The first-order chi connectivity index (χ1) is 9.66. The molecule has 1 fully saturated rings. The lowest BCUT2D eigenvalue weighted by Crippen LogP contribution is -2.42. The SMILES string of the molecule is CC(=O)c1cc2cccc(CN3CCNCC3)c2n1C. The number of ketones is 1. The molecule has 0 spiro atoms. The molecule has 0 unspecified atom stereocenters. The van der Waals surface area contributed by atoms with Crippen LogP contribution in [0.2, 0.25) is 0 Å². The number of hydrogen-bond acceptors (Lipinski definition) is 3. The molecule has 1 aromatic heterocycles. The number of carbonyl (C=O) groups is 1. The molecule has 1 aromatic carbocycles. The Morgan fingerprint density at radius 1 is 1.30 bits per heavy atom. The van der Waals surface area contributed by atoms with Crippen LogP contribution in [0, 0.1) is 0 Å². The molecule has 1 aliphatic rings. The van der Waals surface area contributed by atoms with Crippen LogP contribution in [0.3, 0.4) is 0 Å². The van der Waals surface area contributed by atoms with Gasteiger partial charge in [-0.3, -0.25) is 9.69 Å². The van der Waals surface area contributed by atoms with Crippen molar-refractivity contribution < 1.29 is 4.79 Å². The van der Waals surface area contributed by atoms with Crippen molar-refractivity contribution in [3.8, 4) is 0 Å². The molecule has 1 aliphatic heterocycles. The van der Waals surface area contributed by atoms with E-state index in [2.05, 4.69) is 28.4 Å². The summed E-state index contributed by atoms with van der Waals surface area (Å²) >= 11 is 0. The number of aryl methyl sites for hydroxylation is 1. The number of hydrogen-bond donors (Lipinski definition) is 1. The molecule has 2 heterocycles. The molecule has 20 heavy (non-hydrogen) atoms. The highest BCUT2D eigenvalue weighted by atomic mass is 16.1. The zero-order valence-corrected chi connectivity index (χ0v) is 12.1. The number of rotatable bonds is 3. The van der Waals surface area contributed by atoms with E-state index in [0.29, 0.717) is 0 Å². The van der Waals surface area contributed by atoms with E-state index in [1.54, 1.807) is 6.92 Å².